The highest BCUT2D eigenvalue weighted by molar-refractivity contribution is 8.01. The topological polar surface area (TPSA) is 101 Å². The van der Waals surface area contributed by atoms with Crippen LogP contribution in [0.4, 0.5) is 0 Å². The Morgan fingerprint density at radius 3 is 2.69 bits per heavy atom. The van der Waals surface area contributed by atoms with Crippen molar-refractivity contribution in [1.29, 1.82) is 0 Å². The monoisotopic (exact) mass is 242 g/mol. The van der Waals surface area contributed by atoms with Crippen LogP contribution in [-0.2, 0) is 14.4 Å². The molecule has 7 heteroatoms. The fourth-order valence-electron chi connectivity index (χ4n) is 1.71. The Kier molecular flexibility index (Phi) is 2.51. The van der Waals surface area contributed by atoms with Crippen molar-refractivity contribution < 1.29 is 19.5 Å². The number of thioether (sulfide) groups is 1. The standard InChI is InChI=1S/C9H10N2O4S/c1-3(12)6-4(9(14)15)2-11-7(13)5(10)8(11)16-6/h2,5-6,8H,10H2,1H3,(H,14,15)/t5?,6?,8-/m1/s1. The molecule has 6 nitrogen and oxygen atoms in total. The smallest absolute Gasteiger partial charge is 0.334 e. The van der Waals surface area contributed by atoms with Gasteiger partial charge in [0.1, 0.15) is 17.2 Å². The van der Waals surface area contributed by atoms with E-state index in [1.54, 1.807) is 0 Å². The summed E-state index contributed by atoms with van der Waals surface area (Å²) in [5.41, 5.74) is 5.50. The summed E-state index contributed by atoms with van der Waals surface area (Å²) in [7, 11) is 0. The molecule has 0 bridgehead atoms. The third kappa shape index (κ3) is 1.43. The lowest BCUT2D eigenvalue weighted by atomic mass is 10.1. The number of aliphatic carboxylic acids is 1. The van der Waals surface area contributed by atoms with Gasteiger partial charge in [-0.25, -0.2) is 4.79 Å². The number of Topliss-reactive ketones (excluding diaryl/α,β-unsaturated/α-hetero) is 1. The quantitative estimate of drug-likeness (QED) is 0.612. The van der Waals surface area contributed by atoms with Gasteiger partial charge in [0, 0.05) is 6.20 Å². The number of rotatable bonds is 2. The molecule has 3 atom stereocenters. The average molecular weight is 242 g/mol. The molecular formula is C9H10N2O4S. The number of hydrogen-bond donors (Lipinski definition) is 2. The maximum Gasteiger partial charge on any atom is 0.334 e. The minimum atomic E-state index is -1.18. The Morgan fingerprint density at radius 2 is 2.19 bits per heavy atom. The van der Waals surface area contributed by atoms with E-state index in [1.165, 1.54) is 18.0 Å². The first-order valence-corrected chi connectivity index (χ1v) is 5.56. The summed E-state index contributed by atoms with van der Waals surface area (Å²) in [5, 5.41) is 7.88. The summed E-state index contributed by atoms with van der Waals surface area (Å²) >= 11 is 1.12. The Labute approximate surface area is 95.5 Å². The highest BCUT2D eigenvalue weighted by atomic mass is 32.2. The maximum absolute atomic E-state index is 11.3. The second-order valence-electron chi connectivity index (χ2n) is 3.68. The van der Waals surface area contributed by atoms with E-state index in [0.29, 0.717) is 0 Å². The van der Waals surface area contributed by atoms with E-state index < -0.39 is 17.3 Å². The first kappa shape index (κ1) is 11.2. The lowest BCUT2D eigenvalue weighted by Crippen LogP contribution is -2.67. The summed E-state index contributed by atoms with van der Waals surface area (Å²) in [6, 6.07) is -0.640. The van der Waals surface area contributed by atoms with E-state index in [4.69, 9.17) is 10.8 Å². The molecule has 3 N–H and O–H groups in total. The van der Waals surface area contributed by atoms with E-state index in [-0.39, 0.29) is 22.6 Å². The molecule has 0 aromatic carbocycles. The van der Waals surface area contributed by atoms with Crippen molar-refractivity contribution in [2.24, 2.45) is 5.73 Å². The van der Waals surface area contributed by atoms with Crippen molar-refractivity contribution in [2.75, 3.05) is 0 Å². The van der Waals surface area contributed by atoms with Crippen LogP contribution in [0.5, 0.6) is 0 Å². The van der Waals surface area contributed by atoms with Crippen LogP contribution in [0.15, 0.2) is 11.8 Å². The second kappa shape index (κ2) is 3.60. The second-order valence-corrected chi connectivity index (χ2v) is 4.90. The van der Waals surface area contributed by atoms with E-state index >= 15 is 0 Å². The van der Waals surface area contributed by atoms with Gasteiger partial charge in [0.05, 0.1) is 10.8 Å². The van der Waals surface area contributed by atoms with Gasteiger partial charge in [-0.2, -0.15) is 0 Å². The van der Waals surface area contributed by atoms with Crippen molar-refractivity contribution in [3.63, 3.8) is 0 Å². The number of nitrogens with zero attached hydrogens (tertiary/aromatic N) is 1. The summed E-state index contributed by atoms with van der Waals surface area (Å²) in [6.45, 7) is 1.33. The zero-order chi connectivity index (χ0) is 12.0. The number of carbonyl (C=O) groups is 3. The van der Waals surface area contributed by atoms with Crippen molar-refractivity contribution in [3.8, 4) is 0 Å². The predicted molar refractivity (Wildman–Crippen MR) is 56.4 cm³/mol. The number of β-lactam (4-membered cyclic amide) rings is 1. The third-order valence-corrected chi connectivity index (χ3v) is 4.23. The zero-order valence-corrected chi connectivity index (χ0v) is 9.23. The minimum Gasteiger partial charge on any atom is -0.478 e. The summed E-state index contributed by atoms with van der Waals surface area (Å²) in [6.07, 6.45) is 1.22. The van der Waals surface area contributed by atoms with E-state index in [0.717, 1.165) is 11.8 Å². The molecule has 2 heterocycles. The molecule has 86 valence electrons. The first-order valence-electron chi connectivity index (χ1n) is 4.62. The van der Waals surface area contributed by atoms with Crippen LogP contribution >= 0.6 is 11.8 Å². The number of nitrogens with two attached hydrogens (primary N) is 1. The highest BCUT2D eigenvalue weighted by Crippen LogP contribution is 2.39. The van der Waals surface area contributed by atoms with Gasteiger partial charge in [-0.3, -0.25) is 9.59 Å². The molecule has 1 fully saturated rings. The molecule has 2 unspecified atom stereocenters. The largest absolute Gasteiger partial charge is 0.478 e. The maximum atomic E-state index is 11.3. The van der Waals surface area contributed by atoms with Crippen molar-refractivity contribution in [3.05, 3.63) is 11.8 Å². The van der Waals surface area contributed by atoms with Crippen LogP contribution in [0.25, 0.3) is 0 Å². The molecule has 2 rings (SSSR count). The van der Waals surface area contributed by atoms with Gasteiger partial charge in [-0.15, -0.1) is 11.8 Å². The molecule has 16 heavy (non-hydrogen) atoms. The van der Waals surface area contributed by atoms with Crippen LogP contribution in [-0.4, -0.2) is 44.3 Å². The molecule has 1 saturated heterocycles. The van der Waals surface area contributed by atoms with E-state index in [9.17, 15) is 14.4 Å². The zero-order valence-electron chi connectivity index (χ0n) is 8.41. The summed E-state index contributed by atoms with van der Waals surface area (Å²) in [4.78, 5) is 34.8. The molecule has 1 amide bonds. The van der Waals surface area contributed by atoms with Crippen molar-refractivity contribution in [1.82, 2.24) is 4.90 Å². The Balaban J connectivity index is 2.34. The predicted octanol–water partition coefficient (Wildman–Crippen LogP) is -0.845. The molecule has 0 aliphatic carbocycles. The molecule has 0 aromatic rings. The number of amides is 1. The molecular weight excluding hydrogens is 232 g/mol. The van der Waals surface area contributed by atoms with Crippen LogP contribution in [0.3, 0.4) is 0 Å². The number of carboxylic acid groups (broad SMARTS) is 1. The third-order valence-electron chi connectivity index (χ3n) is 2.57. The lowest BCUT2D eigenvalue weighted by molar-refractivity contribution is -0.140. The fraction of sp³-hybridized carbons (Fsp3) is 0.444. The first-order chi connectivity index (χ1) is 7.43. The van der Waals surface area contributed by atoms with Gasteiger partial charge in [0.2, 0.25) is 5.91 Å². The molecule has 2 aliphatic rings. The Bertz CT molecular complexity index is 420. The number of carbonyl (C=O) groups excluding carboxylic acids is 2. The van der Waals surface area contributed by atoms with E-state index in [2.05, 4.69) is 0 Å². The number of carboxylic acids is 1. The van der Waals surface area contributed by atoms with Gasteiger partial charge in [-0.05, 0) is 6.92 Å². The van der Waals surface area contributed by atoms with Gasteiger partial charge in [0.25, 0.3) is 0 Å². The number of fused-ring (bicyclic) bond motifs is 1. The van der Waals surface area contributed by atoms with Crippen LogP contribution in [0, 0.1) is 0 Å². The number of ketones is 1. The Morgan fingerprint density at radius 1 is 1.56 bits per heavy atom. The van der Waals surface area contributed by atoms with Crippen molar-refractivity contribution >= 4 is 29.4 Å². The van der Waals surface area contributed by atoms with Gasteiger partial charge < -0.3 is 15.7 Å². The van der Waals surface area contributed by atoms with Gasteiger partial charge in [-0.1, -0.05) is 0 Å². The SMILES string of the molecule is CC(=O)C1S[C@@H]2C(N)C(=O)N2C=C1C(=O)O. The van der Waals surface area contributed by atoms with Crippen LogP contribution in [0.1, 0.15) is 6.92 Å². The molecule has 0 saturated carbocycles. The normalized spacial score (nSPS) is 32.6. The van der Waals surface area contributed by atoms with Gasteiger partial charge in [0.15, 0.2) is 0 Å². The fourth-order valence-corrected chi connectivity index (χ4v) is 3.07. The molecule has 0 radical (unpaired) electrons. The van der Waals surface area contributed by atoms with E-state index in [1.807, 2.05) is 0 Å². The number of hydrogen-bond acceptors (Lipinski definition) is 5. The summed E-state index contributed by atoms with van der Waals surface area (Å²) in [5.74, 6) is -1.73. The van der Waals surface area contributed by atoms with Crippen LogP contribution in [0.2, 0.25) is 0 Å². The molecule has 0 aromatic heterocycles. The lowest BCUT2D eigenvalue weighted by Gasteiger charge is -2.46. The summed E-state index contributed by atoms with van der Waals surface area (Å²) < 4.78 is 0. The minimum absolute atomic E-state index is 0.0611. The molecule has 0 spiro atoms. The molecule has 2 aliphatic heterocycles. The Hall–Kier alpha value is -1.34. The highest BCUT2D eigenvalue weighted by Gasteiger charge is 2.50. The van der Waals surface area contributed by atoms with Crippen molar-refractivity contribution in [2.45, 2.75) is 23.6 Å². The van der Waals surface area contributed by atoms with Gasteiger partial charge >= 0.3 is 5.97 Å². The van der Waals surface area contributed by atoms with Crippen LogP contribution < -0.4 is 5.73 Å². The average Bonchev–Trinajstić information content (AvgIpc) is 2.25.